The molecule has 0 aromatic rings. The number of nitrogens with two attached hydrogens (primary N) is 2. The topological polar surface area (TPSA) is 61.3 Å². The molecule has 2 aliphatic rings. The lowest BCUT2D eigenvalue weighted by Gasteiger charge is -2.50. The van der Waals surface area contributed by atoms with E-state index in [-0.39, 0.29) is 18.2 Å². The molecule has 4 unspecified atom stereocenters. The smallest absolute Gasteiger partial charge is 0.0784 e. The van der Waals surface area contributed by atoms with Gasteiger partial charge < -0.3 is 16.2 Å². The normalized spacial score (nSPS) is 53.4. The Hall–Kier alpha value is -0.120. The second kappa shape index (κ2) is 2.19. The van der Waals surface area contributed by atoms with Crippen LogP contribution in [0.1, 0.15) is 12.8 Å². The van der Waals surface area contributed by atoms with Crippen molar-refractivity contribution < 1.29 is 4.74 Å². The first kappa shape index (κ1) is 6.58. The number of ether oxygens (including phenoxy) is 1. The van der Waals surface area contributed by atoms with Crippen molar-refractivity contribution in [2.24, 2.45) is 17.4 Å². The molecule has 4 atom stereocenters. The highest BCUT2D eigenvalue weighted by Gasteiger charge is 2.48. The summed E-state index contributed by atoms with van der Waals surface area (Å²) < 4.78 is 5.45. The second-order valence-corrected chi connectivity index (χ2v) is 3.30. The summed E-state index contributed by atoms with van der Waals surface area (Å²) in [4.78, 5) is 0. The van der Waals surface area contributed by atoms with Crippen LogP contribution in [0.2, 0.25) is 0 Å². The number of hydrogen-bond acceptors (Lipinski definition) is 3. The van der Waals surface area contributed by atoms with Gasteiger partial charge in [0.25, 0.3) is 0 Å². The van der Waals surface area contributed by atoms with Gasteiger partial charge >= 0.3 is 0 Å². The van der Waals surface area contributed by atoms with Gasteiger partial charge in [-0.05, 0) is 12.8 Å². The first-order valence-electron chi connectivity index (χ1n) is 3.93. The summed E-state index contributed by atoms with van der Waals surface area (Å²) in [6.45, 7) is 0.877. The maximum absolute atomic E-state index is 5.77. The third-order valence-electron chi connectivity index (χ3n) is 2.73. The maximum Gasteiger partial charge on any atom is 0.0784 e. The molecule has 0 radical (unpaired) electrons. The van der Waals surface area contributed by atoms with Crippen molar-refractivity contribution >= 4 is 0 Å². The fraction of sp³-hybridized carbons (Fsp3) is 1.00. The average molecular weight is 142 g/mol. The Morgan fingerprint density at radius 1 is 1.20 bits per heavy atom. The summed E-state index contributed by atoms with van der Waals surface area (Å²) in [5.74, 6) is 0.559. The predicted octanol–water partition coefficient (Wildman–Crippen LogP) is -0.550. The van der Waals surface area contributed by atoms with E-state index in [1.807, 2.05) is 0 Å². The Bertz CT molecular complexity index is 124. The molecule has 0 aromatic carbocycles. The average Bonchev–Trinajstić information content (AvgIpc) is 2.03. The fourth-order valence-electron chi connectivity index (χ4n) is 1.99. The third-order valence-corrected chi connectivity index (χ3v) is 2.73. The molecular weight excluding hydrogens is 128 g/mol. The lowest BCUT2D eigenvalue weighted by Crippen LogP contribution is -2.69. The van der Waals surface area contributed by atoms with Gasteiger partial charge in [0.2, 0.25) is 0 Å². The Morgan fingerprint density at radius 2 is 2.00 bits per heavy atom. The van der Waals surface area contributed by atoms with Crippen molar-refractivity contribution in [1.29, 1.82) is 0 Å². The molecule has 1 aliphatic carbocycles. The van der Waals surface area contributed by atoms with Crippen molar-refractivity contribution in [2.45, 2.75) is 31.0 Å². The molecule has 1 heterocycles. The molecule has 1 aliphatic heterocycles. The Morgan fingerprint density at radius 3 is 2.70 bits per heavy atom. The van der Waals surface area contributed by atoms with Gasteiger partial charge in [-0.15, -0.1) is 0 Å². The molecule has 2 fully saturated rings. The zero-order chi connectivity index (χ0) is 7.14. The Labute approximate surface area is 60.7 Å². The number of hydrogen-bond donors (Lipinski definition) is 2. The van der Waals surface area contributed by atoms with Gasteiger partial charge in [-0.2, -0.15) is 0 Å². The molecule has 0 spiro atoms. The molecule has 0 aromatic heterocycles. The van der Waals surface area contributed by atoms with Crippen molar-refractivity contribution in [3.05, 3.63) is 0 Å². The van der Waals surface area contributed by atoms with E-state index in [2.05, 4.69) is 0 Å². The minimum Gasteiger partial charge on any atom is -0.376 e. The fourth-order valence-corrected chi connectivity index (χ4v) is 1.99. The summed E-state index contributed by atoms with van der Waals surface area (Å²) in [6, 6.07) is 0.301. The molecule has 3 heteroatoms. The lowest BCUT2D eigenvalue weighted by molar-refractivity contribution is -0.110. The van der Waals surface area contributed by atoms with Crippen LogP contribution < -0.4 is 11.5 Å². The van der Waals surface area contributed by atoms with Crippen molar-refractivity contribution in [2.75, 3.05) is 6.61 Å². The molecule has 1 saturated carbocycles. The molecule has 2 rings (SSSR count). The SMILES string of the molecule is NC1C(N)C2OCCCC12. The van der Waals surface area contributed by atoms with Crippen LogP contribution in [0.4, 0.5) is 0 Å². The van der Waals surface area contributed by atoms with Gasteiger partial charge in [0.1, 0.15) is 0 Å². The lowest BCUT2D eigenvalue weighted by atomic mass is 9.69. The molecule has 4 N–H and O–H groups in total. The van der Waals surface area contributed by atoms with Crippen LogP contribution in [-0.2, 0) is 4.74 Å². The molecule has 10 heavy (non-hydrogen) atoms. The summed E-state index contributed by atoms with van der Waals surface area (Å²) in [5, 5.41) is 0. The summed E-state index contributed by atoms with van der Waals surface area (Å²) in [5.41, 5.74) is 11.5. The van der Waals surface area contributed by atoms with Gasteiger partial charge in [-0.3, -0.25) is 0 Å². The highest BCUT2D eigenvalue weighted by atomic mass is 16.5. The Balaban J connectivity index is 2.00. The van der Waals surface area contributed by atoms with E-state index >= 15 is 0 Å². The van der Waals surface area contributed by atoms with Crippen LogP contribution in [-0.4, -0.2) is 24.8 Å². The largest absolute Gasteiger partial charge is 0.376 e. The minimum atomic E-state index is 0.102. The highest BCUT2D eigenvalue weighted by Crippen LogP contribution is 2.35. The minimum absolute atomic E-state index is 0.102. The monoisotopic (exact) mass is 142 g/mol. The second-order valence-electron chi connectivity index (χ2n) is 3.30. The van der Waals surface area contributed by atoms with E-state index < -0.39 is 0 Å². The summed E-state index contributed by atoms with van der Waals surface area (Å²) in [6.07, 6.45) is 2.64. The van der Waals surface area contributed by atoms with E-state index in [0.29, 0.717) is 5.92 Å². The standard InChI is InChI=1S/C7H14N2O/c8-5-4-2-1-3-10-7(4)6(5)9/h4-7H,1-3,8-9H2. The van der Waals surface area contributed by atoms with Crippen molar-refractivity contribution in [3.63, 3.8) is 0 Å². The van der Waals surface area contributed by atoms with Gasteiger partial charge in [0, 0.05) is 24.6 Å². The summed E-state index contributed by atoms with van der Waals surface area (Å²) >= 11 is 0. The van der Waals surface area contributed by atoms with Crippen molar-refractivity contribution in [1.82, 2.24) is 0 Å². The third kappa shape index (κ3) is 0.713. The van der Waals surface area contributed by atoms with E-state index in [9.17, 15) is 0 Å². The first-order chi connectivity index (χ1) is 4.80. The molecule has 3 nitrogen and oxygen atoms in total. The molecule has 1 saturated heterocycles. The predicted molar refractivity (Wildman–Crippen MR) is 38.4 cm³/mol. The zero-order valence-corrected chi connectivity index (χ0v) is 5.99. The van der Waals surface area contributed by atoms with Crippen LogP contribution >= 0.6 is 0 Å². The molecule has 0 amide bonds. The van der Waals surface area contributed by atoms with Gasteiger partial charge in [0.15, 0.2) is 0 Å². The van der Waals surface area contributed by atoms with E-state index in [1.165, 1.54) is 6.42 Å². The summed E-state index contributed by atoms with van der Waals surface area (Å²) in [7, 11) is 0. The van der Waals surface area contributed by atoms with Gasteiger partial charge in [-0.25, -0.2) is 0 Å². The number of fused-ring (bicyclic) bond motifs is 1. The first-order valence-corrected chi connectivity index (χ1v) is 3.93. The van der Waals surface area contributed by atoms with E-state index in [0.717, 1.165) is 13.0 Å². The van der Waals surface area contributed by atoms with E-state index in [4.69, 9.17) is 16.2 Å². The molecule has 0 bridgehead atoms. The number of rotatable bonds is 0. The van der Waals surface area contributed by atoms with Gasteiger partial charge in [-0.1, -0.05) is 0 Å². The molecule has 58 valence electrons. The quantitative estimate of drug-likeness (QED) is 0.477. The maximum atomic E-state index is 5.77. The van der Waals surface area contributed by atoms with Crippen LogP contribution in [0, 0.1) is 5.92 Å². The Kier molecular flexibility index (Phi) is 1.44. The highest BCUT2D eigenvalue weighted by molar-refractivity contribution is 5.05. The molecular formula is C7H14N2O. The van der Waals surface area contributed by atoms with E-state index in [1.54, 1.807) is 0 Å². The van der Waals surface area contributed by atoms with Crippen LogP contribution in [0.25, 0.3) is 0 Å². The van der Waals surface area contributed by atoms with Gasteiger partial charge in [0.05, 0.1) is 6.10 Å². The van der Waals surface area contributed by atoms with Crippen molar-refractivity contribution in [3.8, 4) is 0 Å². The zero-order valence-electron chi connectivity index (χ0n) is 5.99. The van der Waals surface area contributed by atoms with Crippen LogP contribution in [0.3, 0.4) is 0 Å². The van der Waals surface area contributed by atoms with Crippen LogP contribution in [0.15, 0.2) is 0 Å². The van der Waals surface area contributed by atoms with Crippen LogP contribution in [0.5, 0.6) is 0 Å².